The first-order valence-electron chi connectivity index (χ1n) is 11.6. The maximum absolute atomic E-state index is 13.8. The fourth-order valence-corrected chi connectivity index (χ4v) is 5.30. The minimum absolute atomic E-state index is 0.0541. The van der Waals surface area contributed by atoms with Crippen LogP contribution >= 0.6 is 0 Å². The molecule has 2 atom stereocenters. The van der Waals surface area contributed by atoms with E-state index in [2.05, 4.69) is 23.2 Å². The number of carbonyl (C=O) groups excluding carboxylic acids is 1. The monoisotopic (exact) mass is 456 g/mol. The molecule has 2 N–H and O–H groups in total. The zero-order valence-corrected chi connectivity index (χ0v) is 19.2. The number of nitrogens with zero attached hydrogens (tertiary/aromatic N) is 3. The van der Waals surface area contributed by atoms with Crippen LogP contribution in [-0.4, -0.2) is 49.2 Å². The summed E-state index contributed by atoms with van der Waals surface area (Å²) in [6.07, 6.45) is 1.07. The van der Waals surface area contributed by atoms with Crippen LogP contribution in [0.4, 0.5) is 0 Å². The lowest BCUT2D eigenvalue weighted by atomic mass is 9.72. The molecule has 1 saturated heterocycles. The molecule has 0 aromatic heterocycles. The van der Waals surface area contributed by atoms with Crippen molar-refractivity contribution in [2.75, 3.05) is 33.4 Å². The average molecular weight is 457 g/mol. The summed E-state index contributed by atoms with van der Waals surface area (Å²) in [5.41, 5.74) is 10.6. The molecular weight excluding hydrogens is 428 g/mol. The predicted molar refractivity (Wildman–Crippen MR) is 127 cm³/mol. The third-order valence-electron chi connectivity index (χ3n) is 6.91. The van der Waals surface area contributed by atoms with Gasteiger partial charge in [0.15, 0.2) is 5.78 Å². The Hall–Kier alpha value is -3.60. The second kappa shape index (κ2) is 9.34. The highest BCUT2D eigenvalue weighted by atomic mass is 16.5. The average Bonchev–Trinajstić information content (AvgIpc) is 2.89. The molecule has 0 radical (unpaired) electrons. The van der Waals surface area contributed by atoms with Gasteiger partial charge in [-0.2, -0.15) is 5.26 Å². The minimum atomic E-state index is -0.517. The van der Waals surface area contributed by atoms with Crippen LogP contribution in [0, 0.1) is 11.3 Å². The van der Waals surface area contributed by atoms with Gasteiger partial charge in [0.05, 0.1) is 37.9 Å². The molecular formula is C27H28N4O3. The van der Waals surface area contributed by atoms with Crippen LogP contribution in [0.25, 0.3) is 0 Å². The molecule has 0 amide bonds. The molecule has 2 aromatic rings. The van der Waals surface area contributed by atoms with Crippen LogP contribution < -0.4 is 10.5 Å². The fourth-order valence-electron chi connectivity index (χ4n) is 5.30. The van der Waals surface area contributed by atoms with E-state index in [9.17, 15) is 10.1 Å². The van der Waals surface area contributed by atoms with Crippen molar-refractivity contribution in [3.63, 3.8) is 0 Å². The number of Topliss-reactive ketones (excluding diaryl/α,β-unsaturated/α-hetero) is 1. The van der Waals surface area contributed by atoms with E-state index in [0.717, 1.165) is 16.8 Å². The van der Waals surface area contributed by atoms with Crippen LogP contribution in [0.15, 0.2) is 77.3 Å². The van der Waals surface area contributed by atoms with Crippen LogP contribution in [0.3, 0.4) is 0 Å². The molecule has 7 nitrogen and oxygen atoms in total. The number of hydrazine groups is 1. The summed E-state index contributed by atoms with van der Waals surface area (Å²) in [4.78, 5) is 13.8. The van der Waals surface area contributed by atoms with Crippen LogP contribution in [-0.2, 0) is 9.53 Å². The minimum Gasteiger partial charge on any atom is -0.497 e. The van der Waals surface area contributed by atoms with Crippen molar-refractivity contribution < 1.29 is 14.3 Å². The van der Waals surface area contributed by atoms with Crippen molar-refractivity contribution in [3.05, 3.63) is 88.4 Å². The zero-order valence-electron chi connectivity index (χ0n) is 19.2. The Balaban J connectivity index is 1.67. The molecule has 0 bridgehead atoms. The molecule has 2 heterocycles. The lowest BCUT2D eigenvalue weighted by Gasteiger charge is -2.47. The topological polar surface area (TPSA) is 91.8 Å². The molecule has 3 aliphatic rings. The van der Waals surface area contributed by atoms with Gasteiger partial charge >= 0.3 is 0 Å². The Labute approximate surface area is 199 Å². The number of rotatable bonds is 4. The molecule has 5 rings (SSSR count). The molecule has 0 saturated carbocycles. The summed E-state index contributed by atoms with van der Waals surface area (Å²) in [6.45, 7) is 2.43. The van der Waals surface area contributed by atoms with Gasteiger partial charge < -0.3 is 15.2 Å². The highest BCUT2D eigenvalue weighted by Gasteiger charge is 2.44. The largest absolute Gasteiger partial charge is 0.497 e. The van der Waals surface area contributed by atoms with Gasteiger partial charge in [-0.1, -0.05) is 42.5 Å². The number of ketones is 1. The summed E-state index contributed by atoms with van der Waals surface area (Å²) in [5, 5.41) is 14.3. The van der Waals surface area contributed by atoms with Gasteiger partial charge in [0.1, 0.15) is 11.6 Å². The highest BCUT2D eigenvalue weighted by Crippen LogP contribution is 2.48. The molecule has 2 unspecified atom stereocenters. The standard InChI is InChI=1S/C27H28N4O3/c1-33-21-9-5-8-19(14-21)25-22(17-28)27(29)31(30-10-12-34-13-11-30)23-15-20(16-24(32)26(23)25)18-6-3-2-4-7-18/h2-9,14,20,25H,10-13,15-16,29H2,1H3. The third-order valence-corrected chi connectivity index (χ3v) is 6.91. The van der Waals surface area contributed by atoms with Gasteiger partial charge in [0.25, 0.3) is 0 Å². The van der Waals surface area contributed by atoms with E-state index in [4.69, 9.17) is 15.2 Å². The van der Waals surface area contributed by atoms with Crippen molar-refractivity contribution in [2.45, 2.75) is 24.7 Å². The lowest BCUT2D eigenvalue weighted by molar-refractivity contribution is -0.117. The van der Waals surface area contributed by atoms with E-state index in [-0.39, 0.29) is 11.7 Å². The molecule has 1 aliphatic carbocycles. The van der Waals surface area contributed by atoms with Crippen molar-refractivity contribution in [2.24, 2.45) is 5.73 Å². The smallest absolute Gasteiger partial charge is 0.162 e. The summed E-state index contributed by atoms with van der Waals surface area (Å²) >= 11 is 0. The number of benzene rings is 2. The van der Waals surface area contributed by atoms with Crippen LogP contribution in [0.1, 0.15) is 35.8 Å². The third kappa shape index (κ3) is 3.85. The second-order valence-corrected chi connectivity index (χ2v) is 8.80. The van der Waals surface area contributed by atoms with E-state index in [1.807, 2.05) is 47.5 Å². The highest BCUT2D eigenvalue weighted by molar-refractivity contribution is 6.00. The summed E-state index contributed by atoms with van der Waals surface area (Å²) in [5.74, 6) is 0.658. The number of hydrogen-bond acceptors (Lipinski definition) is 7. The van der Waals surface area contributed by atoms with E-state index >= 15 is 0 Å². The Kier molecular flexibility index (Phi) is 6.10. The fraction of sp³-hybridized carbons (Fsp3) is 0.333. The Morgan fingerprint density at radius 3 is 2.50 bits per heavy atom. The first-order valence-corrected chi connectivity index (χ1v) is 11.6. The number of ether oxygens (including phenoxy) is 2. The quantitative estimate of drug-likeness (QED) is 0.754. The summed E-state index contributed by atoms with van der Waals surface area (Å²) in [7, 11) is 1.61. The summed E-state index contributed by atoms with van der Waals surface area (Å²) < 4.78 is 11.0. The number of morpholine rings is 1. The maximum atomic E-state index is 13.8. The van der Waals surface area contributed by atoms with Crippen molar-refractivity contribution in [3.8, 4) is 11.8 Å². The van der Waals surface area contributed by atoms with Gasteiger partial charge in [-0.05, 0) is 35.6 Å². The van der Waals surface area contributed by atoms with Gasteiger partial charge in [-0.3, -0.25) is 9.80 Å². The number of carbonyl (C=O) groups is 1. The molecule has 174 valence electrons. The molecule has 2 aromatic carbocycles. The van der Waals surface area contributed by atoms with E-state index in [1.165, 1.54) is 0 Å². The SMILES string of the molecule is COc1cccc(C2C(C#N)=C(N)N(N3CCOCC3)C3=C2C(=O)CC(c2ccccc2)C3)c1. The number of nitriles is 1. The van der Waals surface area contributed by atoms with Crippen LogP contribution in [0.2, 0.25) is 0 Å². The Morgan fingerprint density at radius 1 is 1.06 bits per heavy atom. The van der Waals surface area contributed by atoms with Crippen molar-refractivity contribution >= 4 is 5.78 Å². The normalized spacial score (nSPS) is 23.5. The second-order valence-electron chi connectivity index (χ2n) is 8.80. The van der Waals surface area contributed by atoms with Crippen molar-refractivity contribution in [1.82, 2.24) is 10.0 Å². The first kappa shape index (κ1) is 22.2. The van der Waals surface area contributed by atoms with Crippen molar-refractivity contribution in [1.29, 1.82) is 5.26 Å². The van der Waals surface area contributed by atoms with E-state index < -0.39 is 5.92 Å². The zero-order chi connectivity index (χ0) is 23.7. The number of nitrogens with two attached hydrogens (primary N) is 1. The van der Waals surface area contributed by atoms with Gasteiger partial charge in [0.2, 0.25) is 0 Å². The number of allylic oxidation sites excluding steroid dienone is 3. The Bertz CT molecular complexity index is 1190. The molecule has 0 spiro atoms. The molecule has 1 fully saturated rings. The van der Waals surface area contributed by atoms with E-state index in [1.54, 1.807) is 7.11 Å². The molecule has 34 heavy (non-hydrogen) atoms. The maximum Gasteiger partial charge on any atom is 0.162 e. The first-order chi connectivity index (χ1) is 16.6. The molecule has 2 aliphatic heterocycles. The molecule has 7 heteroatoms. The Morgan fingerprint density at radius 2 is 1.79 bits per heavy atom. The van der Waals surface area contributed by atoms with Gasteiger partial charge in [0, 0.05) is 30.8 Å². The summed E-state index contributed by atoms with van der Waals surface area (Å²) in [6, 6.07) is 20.0. The van der Waals surface area contributed by atoms with Gasteiger partial charge in [-0.25, -0.2) is 5.01 Å². The number of methoxy groups -OCH3 is 1. The predicted octanol–water partition coefficient (Wildman–Crippen LogP) is 3.44. The van der Waals surface area contributed by atoms with Gasteiger partial charge in [-0.15, -0.1) is 0 Å². The number of hydrogen-bond donors (Lipinski definition) is 1. The van der Waals surface area contributed by atoms with Crippen LogP contribution in [0.5, 0.6) is 5.75 Å². The lowest BCUT2D eigenvalue weighted by Crippen LogP contribution is -2.52. The van der Waals surface area contributed by atoms with E-state index in [0.29, 0.717) is 61.9 Å².